The molecule has 20 heavy (non-hydrogen) atoms. The van der Waals surface area contributed by atoms with Crippen molar-refractivity contribution in [3.63, 3.8) is 0 Å². The third kappa shape index (κ3) is 6.43. The number of nitrogen functional groups attached to an aromatic ring is 1. The average molecular weight is 279 g/mol. The highest BCUT2D eigenvalue weighted by molar-refractivity contribution is 5.75. The summed E-state index contributed by atoms with van der Waals surface area (Å²) < 4.78 is 5.48. The molecule has 0 saturated heterocycles. The van der Waals surface area contributed by atoms with Gasteiger partial charge in [0.15, 0.2) is 0 Å². The molecule has 0 heterocycles. The molecule has 112 valence electrons. The quantitative estimate of drug-likeness (QED) is 0.672. The van der Waals surface area contributed by atoms with Gasteiger partial charge < -0.3 is 20.7 Å². The lowest BCUT2D eigenvalue weighted by Gasteiger charge is -2.17. The van der Waals surface area contributed by atoms with E-state index in [2.05, 4.69) is 24.1 Å². The molecule has 5 nitrogen and oxygen atoms in total. The van der Waals surface area contributed by atoms with Crippen LogP contribution in [-0.2, 0) is 4.79 Å². The molecule has 1 rings (SSSR count). The third-order valence-corrected chi connectivity index (χ3v) is 3.10. The van der Waals surface area contributed by atoms with Crippen molar-refractivity contribution in [1.29, 1.82) is 0 Å². The second-order valence-electron chi connectivity index (χ2n) is 4.55. The number of rotatable bonds is 9. The van der Waals surface area contributed by atoms with Crippen LogP contribution in [0, 0.1) is 0 Å². The van der Waals surface area contributed by atoms with Crippen molar-refractivity contribution in [3.8, 4) is 5.75 Å². The van der Waals surface area contributed by atoms with Crippen LogP contribution in [0.1, 0.15) is 20.3 Å². The fourth-order valence-corrected chi connectivity index (χ4v) is 1.85. The third-order valence-electron chi connectivity index (χ3n) is 3.10. The van der Waals surface area contributed by atoms with Crippen molar-refractivity contribution >= 4 is 11.6 Å². The molecule has 0 spiro atoms. The van der Waals surface area contributed by atoms with Crippen LogP contribution in [0.25, 0.3) is 0 Å². The monoisotopic (exact) mass is 279 g/mol. The molecule has 5 heteroatoms. The van der Waals surface area contributed by atoms with Crippen LogP contribution in [-0.4, -0.2) is 43.6 Å². The highest BCUT2D eigenvalue weighted by Gasteiger charge is 2.03. The Morgan fingerprint density at radius 3 is 2.75 bits per heavy atom. The minimum absolute atomic E-state index is 0.0149. The Morgan fingerprint density at radius 1 is 1.35 bits per heavy atom. The van der Waals surface area contributed by atoms with E-state index in [4.69, 9.17) is 10.5 Å². The van der Waals surface area contributed by atoms with Crippen LogP contribution in [0.3, 0.4) is 0 Å². The highest BCUT2D eigenvalue weighted by Crippen LogP contribution is 2.14. The molecule has 0 bridgehead atoms. The van der Waals surface area contributed by atoms with Gasteiger partial charge in [-0.25, -0.2) is 0 Å². The van der Waals surface area contributed by atoms with Crippen molar-refractivity contribution in [2.75, 3.05) is 38.5 Å². The molecule has 0 atom stereocenters. The fraction of sp³-hybridized carbons (Fsp3) is 0.533. The standard InChI is InChI=1S/C15H25N3O2/c1-3-18(4-2)10-9-17-15(19)8-11-20-14-7-5-6-13(16)12-14/h5-7,12H,3-4,8-11,16H2,1-2H3,(H,17,19). The fourth-order valence-electron chi connectivity index (χ4n) is 1.85. The number of ether oxygens (including phenoxy) is 1. The molecular formula is C15H25N3O2. The molecule has 0 aliphatic carbocycles. The maximum atomic E-state index is 11.6. The van der Waals surface area contributed by atoms with E-state index in [-0.39, 0.29) is 5.91 Å². The van der Waals surface area contributed by atoms with E-state index < -0.39 is 0 Å². The average Bonchev–Trinajstić information content (AvgIpc) is 2.44. The van der Waals surface area contributed by atoms with Gasteiger partial charge in [-0.05, 0) is 25.2 Å². The van der Waals surface area contributed by atoms with E-state index in [1.165, 1.54) is 0 Å². The molecule has 0 radical (unpaired) electrons. The van der Waals surface area contributed by atoms with Gasteiger partial charge in [0.1, 0.15) is 5.75 Å². The van der Waals surface area contributed by atoms with Gasteiger partial charge in [0.25, 0.3) is 0 Å². The summed E-state index contributed by atoms with van der Waals surface area (Å²) in [6.45, 7) is 8.17. The minimum Gasteiger partial charge on any atom is -0.493 e. The molecular weight excluding hydrogens is 254 g/mol. The second-order valence-corrected chi connectivity index (χ2v) is 4.55. The minimum atomic E-state index is 0.0149. The Hall–Kier alpha value is -1.75. The molecule has 0 aliphatic heterocycles. The molecule has 0 aliphatic rings. The molecule has 0 aromatic heterocycles. The normalized spacial score (nSPS) is 10.6. The predicted molar refractivity (Wildman–Crippen MR) is 81.8 cm³/mol. The van der Waals surface area contributed by atoms with Gasteiger partial charge in [-0.3, -0.25) is 4.79 Å². The van der Waals surface area contributed by atoms with E-state index in [0.717, 1.165) is 19.6 Å². The number of nitrogens with two attached hydrogens (primary N) is 1. The lowest BCUT2D eigenvalue weighted by atomic mass is 10.3. The maximum Gasteiger partial charge on any atom is 0.223 e. The van der Waals surface area contributed by atoms with Crippen molar-refractivity contribution in [2.24, 2.45) is 0 Å². The summed E-state index contributed by atoms with van der Waals surface area (Å²) in [5.41, 5.74) is 6.31. The van der Waals surface area contributed by atoms with Crippen LogP contribution in [0.4, 0.5) is 5.69 Å². The Labute approximate surface area is 121 Å². The van der Waals surface area contributed by atoms with Gasteiger partial charge >= 0.3 is 0 Å². The molecule has 1 aromatic rings. The topological polar surface area (TPSA) is 67.6 Å². The van der Waals surface area contributed by atoms with Crippen LogP contribution in [0.2, 0.25) is 0 Å². The number of anilines is 1. The molecule has 1 aromatic carbocycles. The van der Waals surface area contributed by atoms with Crippen LogP contribution < -0.4 is 15.8 Å². The number of nitrogens with zero attached hydrogens (tertiary/aromatic N) is 1. The van der Waals surface area contributed by atoms with Crippen molar-refractivity contribution in [3.05, 3.63) is 24.3 Å². The summed E-state index contributed by atoms with van der Waals surface area (Å²) in [4.78, 5) is 13.9. The lowest BCUT2D eigenvalue weighted by molar-refractivity contribution is -0.121. The summed E-state index contributed by atoms with van der Waals surface area (Å²) in [5.74, 6) is 0.710. The number of hydrogen-bond acceptors (Lipinski definition) is 4. The van der Waals surface area contributed by atoms with Gasteiger partial charge in [0.05, 0.1) is 13.0 Å². The zero-order valence-electron chi connectivity index (χ0n) is 12.4. The van der Waals surface area contributed by atoms with Gasteiger partial charge in [-0.1, -0.05) is 19.9 Å². The number of likely N-dealkylation sites (N-methyl/N-ethyl adjacent to an activating group) is 1. The largest absolute Gasteiger partial charge is 0.493 e. The molecule has 0 saturated carbocycles. The molecule has 0 fully saturated rings. The zero-order chi connectivity index (χ0) is 14.8. The summed E-state index contributed by atoms with van der Waals surface area (Å²) in [7, 11) is 0. The highest BCUT2D eigenvalue weighted by atomic mass is 16.5. The number of nitrogens with one attached hydrogen (secondary N) is 1. The summed E-state index contributed by atoms with van der Waals surface area (Å²) in [6, 6.07) is 7.20. The molecule has 1 amide bonds. The molecule has 3 N–H and O–H groups in total. The Morgan fingerprint density at radius 2 is 2.10 bits per heavy atom. The van der Waals surface area contributed by atoms with Gasteiger partial charge in [-0.15, -0.1) is 0 Å². The van der Waals surface area contributed by atoms with Crippen molar-refractivity contribution in [1.82, 2.24) is 10.2 Å². The Bertz CT molecular complexity index is 406. The summed E-state index contributed by atoms with van der Waals surface area (Å²) in [6.07, 6.45) is 0.354. The van der Waals surface area contributed by atoms with E-state index in [9.17, 15) is 4.79 Å². The molecule has 0 unspecified atom stereocenters. The SMILES string of the molecule is CCN(CC)CCNC(=O)CCOc1cccc(N)c1. The van der Waals surface area contributed by atoms with Crippen LogP contribution in [0.5, 0.6) is 5.75 Å². The Kier molecular flexibility index (Phi) is 7.50. The maximum absolute atomic E-state index is 11.6. The predicted octanol–water partition coefficient (Wildman–Crippen LogP) is 1.50. The first-order valence-electron chi connectivity index (χ1n) is 7.13. The van der Waals surface area contributed by atoms with Crippen LogP contribution in [0.15, 0.2) is 24.3 Å². The lowest BCUT2D eigenvalue weighted by Crippen LogP contribution is -2.35. The van der Waals surface area contributed by atoms with E-state index in [1.54, 1.807) is 12.1 Å². The number of carbonyl (C=O) groups excluding carboxylic acids is 1. The first-order chi connectivity index (χ1) is 9.65. The smallest absolute Gasteiger partial charge is 0.223 e. The first kappa shape index (κ1) is 16.3. The van der Waals surface area contributed by atoms with Gasteiger partial charge in [0.2, 0.25) is 5.91 Å². The van der Waals surface area contributed by atoms with Gasteiger partial charge in [0, 0.05) is 24.8 Å². The summed E-state index contributed by atoms with van der Waals surface area (Å²) >= 11 is 0. The summed E-state index contributed by atoms with van der Waals surface area (Å²) in [5, 5.41) is 2.89. The van der Waals surface area contributed by atoms with Crippen molar-refractivity contribution in [2.45, 2.75) is 20.3 Å². The number of amides is 1. The van der Waals surface area contributed by atoms with Crippen molar-refractivity contribution < 1.29 is 9.53 Å². The Balaban J connectivity index is 2.14. The zero-order valence-corrected chi connectivity index (χ0v) is 12.4. The second kappa shape index (κ2) is 9.20. The number of hydrogen-bond donors (Lipinski definition) is 2. The van der Waals surface area contributed by atoms with Gasteiger partial charge in [-0.2, -0.15) is 0 Å². The van der Waals surface area contributed by atoms with E-state index in [0.29, 0.717) is 31.0 Å². The van der Waals surface area contributed by atoms with Crippen LogP contribution >= 0.6 is 0 Å². The number of benzene rings is 1. The first-order valence-corrected chi connectivity index (χ1v) is 7.13. The number of carbonyl (C=O) groups is 1. The van der Waals surface area contributed by atoms with E-state index >= 15 is 0 Å². The van der Waals surface area contributed by atoms with E-state index in [1.807, 2.05) is 12.1 Å².